The first-order chi connectivity index (χ1) is 8.24. The van der Waals surface area contributed by atoms with E-state index in [1.807, 2.05) is 7.11 Å². The van der Waals surface area contributed by atoms with Gasteiger partial charge in [0.25, 0.3) is 0 Å². The van der Waals surface area contributed by atoms with Crippen LogP contribution in [0.3, 0.4) is 0 Å². The maximum absolute atomic E-state index is 5.47. The molecule has 0 saturated heterocycles. The molecule has 0 bridgehead atoms. The minimum atomic E-state index is 0.368. The van der Waals surface area contributed by atoms with Crippen molar-refractivity contribution in [3.63, 3.8) is 0 Å². The summed E-state index contributed by atoms with van der Waals surface area (Å²) in [5.74, 6) is 0. The van der Waals surface area contributed by atoms with Gasteiger partial charge >= 0.3 is 0 Å². The standard InChI is InChI=1S/C15H33NO/c1-5-7-9-10-12-15(13-16-3,14-17-4)11-8-6-2/h16H,5-14H2,1-4H3. The van der Waals surface area contributed by atoms with Crippen LogP contribution in [0.5, 0.6) is 0 Å². The van der Waals surface area contributed by atoms with Gasteiger partial charge in [-0.15, -0.1) is 0 Å². The number of methoxy groups -OCH3 is 1. The van der Waals surface area contributed by atoms with Gasteiger partial charge in [-0.1, -0.05) is 52.4 Å². The zero-order valence-electron chi connectivity index (χ0n) is 12.5. The predicted octanol–water partition coefficient (Wildman–Crippen LogP) is 4.00. The number of ether oxygens (including phenoxy) is 1. The zero-order valence-corrected chi connectivity index (χ0v) is 12.5. The number of hydrogen-bond donors (Lipinski definition) is 1. The Balaban J connectivity index is 4.20. The fourth-order valence-corrected chi connectivity index (χ4v) is 2.66. The van der Waals surface area contributed by atoms with Crippen LogP contribution in [0.2, 0.25) is 0 Å². The van der Waals surface area contributed by atoms with Gasteiger partial charge in [0.15, 0.2) is 0 Å². The van der Waals surface area contributed by atoms with Gasteiger partial charge in [-0.2, -0.15) is 0 Å². The lowest BCUT2D eigenvalue weighted by Gasteiger charge is -2.33. The summed E-state index contributed by atoms with van der Waals surface area (Å²) in [6.07, 6.45) is 10.6. The van der Waals surface area contributed by atoms with Crippen molar-refractivity contribution in [2.24, 2.45) is 5.41 Å². The van der Waals surface area contributed by atoms with Crippen molar-refractivity contribution in [1.29, 1.82) is 0 Å². The van der Waals surface area contributed by atoms with E-state index in [4.69, 9.17) is 4.74 Å². The van der Waals surface area contributed by atoms with Crippen LogP contribution in [-0.2, 0) is 4.74 Å². The molecule has 17 heavy (non-hydrogen) atoms. The van der Waals surface area contributed by atoms with E-state index < -0.39 is 0 Å². The van der Waals surface area contributed by atoms with E-state index in [0.29, 0.717) is 5.41 Å². The van der Waals surface area contributed by atoms with Crippen LogP contribution in [0.4, 0.5) is 0 Å². The molecule has 1 atom stereocenters. The molecule has 0 fully saturated rings. The first-order valence-corrected chi connectivity index (χ1v) is 7.38. The molecule has 0 heterocycles. The van der Waals surface area contributed by atoms with Crippen LogP contribution in [-0.4, -0.2) is 27.3 Å². The average molecular weight is 243 g/mol. The molecule has 0 saturated carbocycles. The number of unbranched alkanes of at least 4 members (excludes halogenated alkanes) is 4. The number of nitrogens with one attached hydrogen (secondary N) is 1. The lowest BCUT2D eigenvalue weighted by atomic mass is 9.78. The van der Waals surface area contributed by atoms with E-state index in [1.54, 1.807) is 0 Å². The van der Waals surface area contributed by atoms with Gasteiger partial charge in [0.05, 0.1) is 6.61 Å². The smallest absolute Gasteiger partial charge is 0.0530 e. The maximum Gasteiger partial charge on any atom is 0.0530 e. The topological polar surface area (TPSA) is 21.3 Å². The molecule has 1 unspecified atom stereocenters. The summed E-state index contributed by atoms with van der Waals surface area (Å²) in [7, 11) is 3.89. The van der Waals surface area contributed by atoms with Gasteiger partial charge < -0.3 is 10.1 Å². The number of rotatable bonds is 12. The molecule has 0 aromatic heterocycles. The molecule has 0 aliphatic heterocycles. The highest BCUT2D eigenvalue weighted by Gasteiger charge is 2.28. The first-order valence-electron chi connectivity index (χ1n) is 7.38. The molecule has 1 N–H and O–H groups in total. The summed E-state index contributed by atoms with van der Waals surface area (Å²) >= 11 is 0. The first kappa shape index (κ1) is 16.9. The van der Waals surface area contributed by atoms with Crippen LogP contribution in [0.15, 0.2) is 0 Å². The van der Waals surface area contributed by atoms with E-state index in [0.717, 1.165) is 13.2 Å². The second-order valence-corrected chi connectivity index (χ2v) is 5.38. The molecule has 0 amide bonds. The maximum atomic E-state index is 5.47. The second-order valence-electron chi connectivity index (χ2n) is 5.38. The summed E-state index contributed by atoms with van der Waals surface area (Å²) in [5.41, 5.74) is 0.368. The highest BCUT2D eigenvalue weighted by molar-refractivity contribution is 4.81. The van der Waals surface area contributed by atoms with Crippen molar-refractivity contribution in [2.75, 3.05) is 27.3 Å². The van der Waals surface area contributed by atoms with Crippen molar-refractivity contribution in [3.05, 3.63) is 0 Å². The summed E-state index contributed by atoms with van der Waals surface area (Å²) in [6.45, 7) is 6.54. The Bertz CT molecular complexity index is 153. The SMILES string of the molecule is CCCCCCC(CCCC)(CNC)COC. The lowest BCUT2D eigenvalue weighted by Crippen LogP contribution is -2.36. The van der Waals surface area contributed by atoms with E-state index in [-0.39, 0.29) is 0 Å². The quantitative estimate of drug-likeness (QED) is 0.523. The van der Waals surface area contributed by atoms with Gasteiger partial charge in [0.2, 0.25) is 0 Å². The minimum absolute atomic E-state index is 0.368. The number of hydrogen-bond acceptors (Lipinski definition) is 2. The summed E-state index contributed by atoms with van der Waals surface area (Å²) in [6, 6.07) is 0. The Morgan fingerprint density at radius 1 is 0.941 bits per heavy atom. The molecule has 0 radical (unpaired) electrons. The molecular formula is C15H33NO. The zero-order chi connectivity index (χ0) is 13.0. The molecule has 0 aliphatic carbocycles. The van der Waals surface area contributed by atoms with Gasteiger partial charge in [-0.05, 0) is 19.9 Å². The average Bonchev–Trinajstić information content (AvgIpc) is 2.33. The highest BCUT2D eigenvalue weighted by Crippen LogP contribution is 2.31. The van der Waals surface area contributed by atoms with E-state index in [2.05, 4.69) is 26.2 Å². The minimum Gasteiger partial charge on any atom is -0.384 e. The fraction of sp³-hybridized carbons (Fsp3) is 1.00. The predicted molar refractivity (Wildman–Crippen MR) is 76.5 cm³/mol. The Hall–Kier alpha value is -0.0800. The molecule has 0 aliphatic rings. The molecule has 0 aromatic rings. The second kappa shape index (κ2) is 11.0. The Labute approximate surface area is 109 Å². The fourth-order valence-electron chi connectivity index (χ4n) is 2.66. The van der Waals surface area contributed by atoms with Crippen LogP contribution in [0.1, 0.15) is 65.2 Å². The molecule has 2 nitrogen and oxygen atoms in total. The molecular weight excluding hydrogens is 210 g/mol. The van der Waals surface area contributed by atoms with Gasteiger partial charge in [0, 0.05) is 19.1 Å². The van der Waals surface area contributed by atoms with E-state index in [9.17, 15) is 0 Å². The third-order valence-corrected chi connectivity index (χ3v) is 3.62. The highest BCUT2D eigenvalue weighted by atomic mass is 16.5. The monoisotopic (exact) mass is 243 g/mol. The normalized spacial score (nSPS) is 14.8. The van der Waals surface area contributed by atoms with Crippen molar-refractivity contribution < 1.29 is 4.74 Å². The van der Waals surface area contributed by atoms with Crippen molar-refractivity contribution in [2.45, 2.75) is 65.2 Å². The largest absolute Gasteiger partial charge is 0.384 e. The molecule has 0 spiro atoms. The van der Waals surface area contributed by atoms with E-state index >= 15 is 0 Å². The van der Waals surface area contributed by atoms with Gasteiger partial charge in [0.1, 0.15) is 0 Å². The summed E-state index contributed by atoms with van der Waals surface area (Å²) < 4.78 is 5.47. The lowest BCUT2D eigenvalue weighted by molar-refractivity contribution is 0.0617. The Kier molecular flexibility index (Phi) is 11.0. The van der Waals surface area contributed by atoms with Crippen LogP contribution >= 0.6 is 0 Å². The van der Waals surface area contributed by atoms with Gasteiger partial charge in [-0.25, -0.2) is 0 Å². The third kappa shape index (κ3) is 7.77. The summed E-state index contributed by atoms with van der Waals surface area (Å²) in [5, 5.41) is 3.36. The molecule has 104 valence electrons. The van der Waals surface area contributed by atoms with Crippen molar-refractivity contribution >= 4 is 0 Å². The van der Waals surface area contributed by atoms with Gasteiger partial charge in [-0.3, -0.25) is 0 Å². The summed E-state index contributed by atoms with van der Waals surface area (Å²) in [4.78, 5) is 0. The third-order valence-electron chi connectivity index (χ3n) is 3.62. The van der Waals surface area contributed by atoms with Crippen molar-refractivity contribution in [3.8, 4) is 0 Å². The Morgan fingerprint density at radius 2 is 1.59 bits per heavy atom. The van der Waals surface area contributed by atoms with E-state index in [1.165, 1.54) is 51.4 Å². The molecule has 0 aromatic carbocycles. The molecule has 0 rings (SSSR count). The van der Waals surface area contributed by atoms with Crippen molar-refractivity contribution in [1.82, 2.24) is 5.32 Å². The molecule has 2 heteroatoms. The van der Waals surface area contributed by atoms with Crippen LogP contribution < -0.4 is 5.32 Å². The van der Waals surface area contributed by atoms with Crippen LogP contribution in [0.25, 0.3) is 0 Å². The van der Waals surface area contributed by atoms with Crippen LogP contribution in [0, 0.1) is 5.41 Å². The Morgan fingerprint density at radius 3 is 2.12 bits per heavy atom.